The van der Waals surface area contributed by atoms with Gasteiger partial charge in [-0.25, -0.2) is 18.7 Å². The fourth-order valence-corrected chi connectivity index (χ4v) is 5.15. The molecule has 2 saturated heterocycles. The van der Waals surface area contributed by atoms with Crippen LogP contribution in [-0.4, -0.2) is 62.2 Å². The first-order chi connectivity index (χ1) is 18.7. The Morgan fingerprint density at radius 2 is 1.95 bits per heavy atom. The lowest BCUT2D eigenvalue weighted by Crippen LogP contribution is -2.58. The van der Waals surface area contributed by atoms with Gasteiger partial charge in [0, 0.05) is 24.8 Å². The number of aryl methyl sites for hydroxylation is 1. The molecule has 1 amide bonds. The predicted octanol–water partition coefficient (Wildman–Crippen LogP) is 4.09. The summed E-state index contributed by atoms with van der Waals surface area (Å²) in [6.07, 6.45) is 1.36. The predicted molar refractivity (Wildman–Crippen MR) is 146 cm³/mol. The van der Waals surface area contributed by atoms with E-state index in [1.54, 1.807) is 35.4 Å². The maximum atomic E-state index is 14.8. The van der Waals surface area contributed by atoms with Gasteiger partial charge in [-0.3, -0.25) is 9.78 Å². The summed E-state index contributed by atoms with van der Waals surface area (Å²) in [6.45, 7) is 7.25. The lowest BCUT2D eigenvalue weighted by atomic mass is 10.0. The van der Waals surface area contributed by atoms with E-state index in [4.69, 9.17) is 21.3 Å². The number of benzene rings is 1. The highest BCUT2D eigenvalue weighted by Gasteiger charge is 2.40. The van der Waals surface area contributed by atoms with Crippen molar-refractivity contribution in [2.24, 2.45) is 0 Å². The van der Waals surface area contributed by atoms with Crippen LogP contribution >= 0.6 is 11.6 Å². The van der Waals surface area contributed by atoms with Crippen molar-refractivity contribution >= 4 is 34.4 Å². The van der Waals surface area contributed by atoms with Crippen molar-refractivity contribution in [3.05, 3.63) is 75.2 Å². The molecule has 0 saturated carbocycles. The molecule has 1 atom stereocenters. The van der Waals surface area contributed by atoms with Crippen LogP contribution in [0.1, 0.15) is 31.0 Å². The topological polar surface area (TPSA) is 106 Å². The summed E-state index contributed by atoms with van der Waals surface area (Å²) in [6, 6.07) is 9.58. The zero-order valence-electron chi connectivity index (χ0n) is 21.6. The van der Waals surface area contributed by atoms with E-state index < -0.39 is 11.5 Å². The number of halogens is 2. The number of carbonyl (C=O) groups excluding carboxylic acids is 1. The van der Waals surface area contributed by atoms with Crippen molar-refractivity contribution in [1.82, 2.24) is 24.4 Å². The molecule has 11 heteroatoms. The molecule has 0 bridgehead atoms. The number of likely N-dealkylation sites (tertiary alicyclic amines) is 1. The quantitative estimate of drug-likeness (QED) is 0.362. The highest BCUT2D eigenvalue weighted by molar-refractivity contribution is 6.33. The van der Waals surface area contributed by atoms with Crippen molar-refractivity contribution in [2.45, 2.75) is 38.8 Å². The van der Waals surface area contributed by atoms with Gasteiger partial charge in [0.05, 0.1) is 40.1 Å². The zero-order valence-corrected chi connectivity index (χ0v) is 22.4. The van der Waals surface area contributed by atoms with Crippen LogP contribution in [0.2, 0.25) is 5.02 Å². The molecule has 0 aliphatic carbocycles. The average Bonchev–Trinajstić information content (AvgIpc) is 3.72. The van der Waals surface area contributed by atoms with Crippen molar-refractivity contribution in [3.63, 3.8) is 0 Å². The van der Waals surface area contributed by atoms with Crippen molar-refractivity contribution in [1.29, 1.82) is 0 Å². The lowest BCUT2D eigenvalue weighted by molar-refractivity contribution is -0.136. The molecule has 0 radical (unpaired) electrons. The van der Waals surface area contributed by atoms with Gasteiger partial charge in [-0.15, -0.1) is 0 Å². The minimum absolute atomic E-state index is 0.00642. The number of aromatic nitrogens is 4. The average molecular weight is 549 g/mol. The molecule has 9 nitrogen and oxygen atoms in total. The second-order valence-corrected chi connectivity index (χ2v) is 10.6. The van der Waals surface area contributed by atoms with E-state index >= 15 is 0 Å². The van der Waals surface area contributed by atoms with Crippen LogP contribution in [0.5, 0.6) is 0 Å². The molecule has 2 aliphatic rings. The molecule has 0 spiro atoms. The van der Waals surface area contributed by atoms with Crippen LogP contribution in [0.4, 0.5) is 10.2 Å². The normalized spacial score (nSPS) is 17.0. The first-order valence-electron chi connectivity index (χ1n) is 12.7. The highest BCUT2D eigenvalue weighted by Crippen LogP contribution is 2.35. The second-order valence-electron chi connectivity index (χ2n) is 10.2. The lowest BCUT2D eigenvalue weighted by Gasteiger charge is -2.39. The smallest absolute Gasteiger partial charge is 0.355 e. The number of amides is 1. The monoisotopic (exact) mass is 548 g/mol. The molecule has 5 heterocycles. The molecule has 39 heavy (non-hydrogen) atoms. The van der Waals surface area contributed by atoms with Crippen LogP contribution in [0.25, 0.3) is 28.0 Å². The summed E-state index contributed by atoms with van der Waals surface area (Å²) < 4.78 is 21.3. The fraction of sp³-hybridized carbons (Fsp3) is 0.321. The van der Waals surface area contributed by atoms with Crippen LogP contribution in [0.15, 0.2) is 47.4 Å². The third-order valence-electron chi connectivity index (χ3n) is 7.02. The standard InChI is InChI=1S/C28H26ClFN6O3/c1-14(2)22-24(15(3)8-9-31-22)36-26-18(10-19(29)23(33-26)17-6-4-5-7-20(17)30)25(34-28(36)38)32-16-11-35(12-16)27(37)21-13-39-21/h4-10,14,16,21H,11-13H2,1-3H3,(H,32,34,38). The number of anilines is 1. The molecule has 200 valence electrons. The van der Waals surface area contributed by atoms with Crippen molar-refractivity contribution in [3.8, 4) is 16.9 Å². The van der Waals surface area contributed by atoms with Gasteiger partial charge in [0.2, 0.25) is 0 Å². The number of epoxide rings is 1. The van der Waals surface area contributed by atoms with Crippen LogP contribution in [0.3, 0.4) is 0 Å². The van der Waals surface area contributed by atoms with Gasteiger partial charge < -0.3 is 15.0 Å². The number of nitrogens with zero attached hydrogens (tertiary/aromatic N) is 5. The molecule has 6 rings (SSSR count). The number of nitrogens with one attached hydrogen (secondary N) is 1. The summed E-state index contributed by atoms with van der Waals surface area (Å²) in [5.74, 6) is -0.208. The number of rotatable bonds is 6. The van der Waals surface area contributed by atoms with Crippen molar-refractivity contribution < 1.29 is 13.9 Å². The molecule has 4 aromatic rings. The summed E-state index contributed by atoms with van der Waals surface area (Å²) in [4.78, 5) is 41.4. The minimum atomic E-state index is -0.559. The summed E-state index contributed by atoms with van der Waals surface area (Å²) in [5.41, 5.74) is 2.26. The van der Waals surface area contributed by atoms with Gasteiger partial charge in [0.25, 0.3) is 5.91 Å². The number of hydrogen-bond acceptors (Lipinski definition) is 7. The third kappa shape index (κ3) is 4.53. The molecule has 2 aliphatic heterocycles. The maximum Gasteiger partial charge on any atom is 0.355 e. The van der Waals surface area contributed by atoms with E-state index in [0.29, 0.717) is 42.3 Å². The third-order valence-corrected chi connectivity index (χ3v) is 7.31. The van der Waals surface area contributed by atoms with Gasteiger partial charge in [-0.05, 0) is 42.7 Å². The molecule has 1 aromatic carbocycles. The Kier molecular flexibility index (Phi) is 6.31. The Balaban J connectivity index is 1.53. The SMILES string of the molecule is Cc1ccnc(C(C)C)c1-n1c(=O)nc(NC2CN(C(=O)C3CO3)C2)c2cc(Cl)c(-c3ccccc3F)nc21. The Morgan fingerprint density at radius 1 is 1.21 bits per heavy atom. The van der Waals surface area contributed by atoms with E-state index in [1.807, 2.05) is 26.8 Å². The van der Waals surface area contributed by atoms with Gasteiger partial charge in [-0.1, -0.05) is 37.6 Å². The largest absolute Gasteiger partial charge is 0.363 e. The van der Waals surface area contributed by atoms with Crippen LogP contribution < -0.4 is 11.0 Å². The number of carbonyl (C=O) groups is 1. The summed E-state index contributed by atoms with van der Waals surface area (Å²) >= 11 is 6.67. The van der Waals surface area contributed by atoms with Crippen LogP contribution in [0, 0.1) is 12.7 Å². The van der Waals surface area contributed by atoms with Gasteiger partial charge in [0.15, 0.2) is 11.8 Å². The van der Waals surface area contributed by atoms with Crippen molar-refractivity contribution in [2.75, 3.05) is 25.0 Å². The first-order valence-corrected chi connectivity index (χ1v) is 13.1. The molecular weight excluding hydrogens is 523 g/mol. The number of fused-ring (bicyclic) bond motifs is 1. The van der Waals surface area contributed by atoms with Gasteiger partial charge >= 0.3 is 5.69 Å². The molecule has 2 fully saturated rings. The molecule has 1 unspecified atom stereocenters. The number of hydrogen-bond donors (Lipinski definition) is 1. The zero-order chi connectivity index (χ0) is 27.4. The Hall–Kier alpha value is -3.89. The van der Waals surface area contributed by atoms with E-state index in [0.717, 1.165) is 5.56 Å². The van der Waals surface area contributed by atoms with Gasteiger partial charge in [-0.2, -0.15) is 4.98 Å². The first kappa shape index (κ1) is 25.4. The highest BCUT2D eigenvalue weighted by atomic mass is 35.5. The van der Waals surface area contributed by atoms with Gasteiger partial charge in [0.1, 0.15) is 11.6 Å². The van der Waals surface area contributed by atoms with E-state index in [-0.39, 0.29) is 45.9 Å². The molecule has 3 aromatic heterocycles. The Morgan fingerprint density at radius 3 is 2.64 bits per heavy atom. The number of pyridine rings is 2. The number of ether oxygens (including phenoxy) is 1. The summed E-state index contributed by atoms with van der Waals surface area (Å²) in [7, 11) is 0. The fourth-order valence-electron chi connectivity index (χ4n) is 4.90. The second kappa shape index (κ2) is 9.69. The Bertz CT molecular complexity index is 1680. The van der Waals surface area contributed by atoms with E-state index in [2.05, 4.69) is 15.3 Å². The van der Waals surface area contributed by atoms with Crippen LogP contribution in [-0.2, 0) is 9.53 Å². The molecular formula is C28H26ClFN6O3. The Labute approximate surface area is 228 Å². The summed E-state index contributed by atoms with van der Waals surface area (Å²) in [5, 5.41) is 3.99. The van der Waals surface area contributed by atoms with E-state index in [1.165, 1.54) is 10.6 Å². The van der Waals surface area contributed by atoms with E-state index in [9.17, 15) is 14.0 Å². The maximum absolute atomic E-state index is 14.8. The minimum Gasteiger partial charge on any atom is -0.363 e. The molecule has 1 N–H and O–H groups in total.